The van der Waals surface area contributed by atoms with Crippen LogP contribution in [-0.4, -0.2) is 24.9 Å². The lowest BCUT2D eigenvalue weighted by Gasteiger charge is -2.12. The van der Waals surface area contributed by atoms with Crippen molar-refractivity contribution in [3.05, 3.63) is 58.9 Å². The Hall–Kier alpha value is -2.79. The number of aromatic nitrogens is 1. The molecule has 0 aliphatic heterocycles. The van der Waals surface area contributed by atoms with Crippen LogP contribution >= 0.6 is 0 Å². The van der Waals surface area contributed by atoms with Crippen LogP contribution in [-0.2, 0) is 22.6 Å². The van der Waals surface area contributed by atoms with Crippen molar-refractivity contribution >= 4 is 9.84 Å². The molecule has 1 N–H and O–H groups in total. The van der Waals surface area contributed by atoms with Crippen molar-refractivity contribution in [1.82, 2.24) is 5.16 Å². The summed E-state index contributed by atoms with van der Waals surface area (Å²) in [5.41, 5.74) is -2.21. The lowest BCUT2D eigenvalue weighted by molar-refractivity contribution is -0.138. The third-order valence-corrected chi connectivity index (χ3v) is 5.52. The predicted octanol–water partition coefficient (Wildman–Crippen LogP) is 4.51. The minimum Gasteiger partial charge on any atom is -0.388 e. The number of benzene rings is 2. The van der Waals surface area contributed by atoms with E-state index in [9.17, 15) is 35.5 Å². The molecule has 11 heteroatoms. The average Bonchev–Trinajstić information content (AvgIpc) is 3.05. The van der Waals surface area contributed by atoms with Crippen molar-refractivity contribution < 1.29 is 40.0 Å². The van der Waals surface area contributed by atoms with Crippen LogP contribution in [0.2, 0.25) is 0 Å². The Balaban J connectivity index is 2.28. The van der Waals surface area contributed by atoms with Gasteiger partial charge in [-0.05, 0) is 30.7 Å². The number of aliphatic hydroxyl groups is 1. The molecule has 30 heavy (non-hydrogen) atoms. The Morgan fingerprint density at radius 1 is 1.10 bits per heavy atom. The maximum Gasteiger partial charge on any atom is 0.416 e. The van der Waals surface area contributed by atoms with Crippen molar-refractivity contribution in [1.29, 1.82) is 0 Å². The third-order valence-electron chi connectivity index (χ3n) is 4.41. The van der Waals surface area contributed by atoms with Crippen LogP contribution < -0.4 is 0 Å². The van der Waals surface area contributed by atoms with E-state index in [1.165, 1.54) is 19.1 Å². The van der Waals surface area contributed by atoms with E-state index in [1.54, 1.807) is 0 Å². The van der Waals surface area contributed by atoms with E-state index in [4.69, 9.17) is 4.52 Å². The number of hydrogen-bond acceptors (Lipinski definition) is 5. The van der Waals surface area contributed by atoms with E-state index in [0.717, 1.165) is 6.07 Å². The number of aliphatic hydroxyl groups excluding tert-OH is 1. The van der Waals surface area contributed by atoms with Gasteiger partial charge in [-0.2, -0.15) is 13.2 Å². The summed E-state index contributed by atoms with van der Waals surface area (Å²) in [4.78, 5) is -0.887. The number of rotatable bonds is 4. The van der Waals surface area contributed by atoms with E-state index in [2.05, 4.69) is 5.16 Å². The Kier molecular flexibility index (Phi) is 5.46. The van der Waals surface area contributed by atoms with Crippen molar-refractivity contribution in [3.63, 3.8) is 0 Å². The number of nitrogens with zero attached hydrogens (tertiary/aromatic N) is 1. The Bertz CT molecular complexity index is 1230. The normalized spacial score (nSPS) is 12.4. The molecule has 1 aromatic heterocycles. The number of sulfone groups is 1. The van der Waals surface area contributed by atoms with Gasteiger partial charge >= 0.3 is 6.18 Å². The van der Waals surface area contributed by atoms with E-state index < -0.39 is 50.3 Å². The SMILES string of the molecule is Cc1ccc(-c2noc(CO)c2-c2cc(F)c(S(C)(=O)=O)cc2F)cc1C(F)(F)F. The minimum absolute atomic E-state index is 0.0617. The van der Waals surface area contributed by atoms with Gasteiger partial charge in [0.15, 0.2) is 15.6 Å². The van der Waals surface area contributed by atoms with Gasteiger partial charge in [-0.3, -0.25) is 0 Å². The van der Waals surface area contributed by atoms with Crippen molar-refractivity contribution in [2.75, 3.05) is 6.26 Å². The largest absolute Gasteiger partial charge is 0.416 e. The molecule has 0 amide bonds. The highest BCUT2D eigenvalue weighted by molar-refractivity contribution is 7.90. The van der Waals surface area contributed by atoms with Gasteiger partial charge in [0.2, 0.25) is 0 Å². The summed E-state index contributed by atoms with van der Waals surface area (Å²) >= 11 is 0. The molecule has 0 saturated carbocycles. The quantitative estimate of drug-likeness (QED) is 0.596. The van der Waals surface area contributed by atoms with Crippen LogP contribution in [0.4, 0.5) is 22.0 Å². The molecular formula is C19H14F5NO4S. The molecule has 0 saturated heterocycles. The maximum atomic E-state index is 14.7. The van der Waals surface area contributed by atoms with Crippen molar-refractivity contribution in [2.45, 2.75) is 24.6 Å². The Labute approximate surface area is 167 Å². The first-order valence-corrected chi connectivity index (χ1v) is 10.2. The lowest BCUT2D eigenvalue weighted by atomic mass is 9.96. The molecule has 0 aliphatic carbocycles. The molecule has 0 aliphatic rings. The fourth-order valence-corrected chi connectivity index (χ4v) is 3.72. The molecule has 2 aromatic carbocycles. The molecule has 0 unspecified atom stereocenters. The number of hydrogen-bond donors (Lipinski definition) is 1. The Morgan fingerprint density at radius 3 is 2.33 bits per heavy atom. The van der Waals surface area contributed by atoms with E-state index in [0.29, 0.717) is 18.4 Å². The minimum atomic E-state index is -4.67. The zero-order valence-corrected chi connectivity index (χ0v) is 16.3. The van der Waals surface area contributed by atoms with Crippen LogP contribution in [0.25, 0.3) is 22.4 Å². The predicted molar refractivity (Wildman–Crippen MR) is 96.1 cm³/mol. The van der Waals surface area contributed by atoms with Gasteiger partial charge in [0, 0.05) is 17.4 Å². The summed E-state index contributed by atoms with van der Waals surface area (Å²) in [5, 5.41) is 13.1. The molecular weight excluding hydrogens is 433 g/mol. The van der Waals surface area contributed by atoms with Crippen LogP contribution in [0.5, 0.6) is 0 Å². The Morgan fingerprint density at radius 2 is 1.77 bits per heavy atom. The number of aryl methyl sites for hydroxylation is 1. The molecule has 5 nitrogen and oxygen atoms in total. The first-order valence-electron chi connectivity index (χ1n) is 8.31. The van der Waals surface area contributed by atoms with Crippen LogP contribution in [0, 0.1) is 18.6 Å². The summed E-state index contributed by atoms with van der Waals surface area (Å²) in [5.74, 6) is -2.78. The van der Waals surface area contributed by atoms with Crippen molar-refractivity contribution in [2.24, 2.45) is 0 Å². The summed E-state index contributed by atoms with van der Waals surface area (Å²) in [6, 6.07) is 4.26. The van der Waals surface area contributed by atoms with Gasteiger partial charge in [0.05, 0.1) is 11.1 Å². The summed E-state index contributed by atoms with van der Waals surface area (Å²) in [6.45, 7) is 0.448. The topological polar surface area (TPSA) is 80.4 Å². The zero-order valence-electron chi connectivity index (χ0n) is 15.5. The molecule has 0 radical (unpaired) electrons. The monoisotopic (exact) mass is 447 g/mol. The standard InChI is InChI=1S/C19H14F5NO4S/c1-9-3-4-10(5-12(9)19(22,23)24)18-17(15(8-26)29-25-18)11-6-14(21)16(7-13(11)20)30(2,27)28/h3-7,26H,8H2,1-2H3. The molecule has 160 valence electrons. The van der Waals surface area contributed by atoms with Gasteiger partial charge in [-0.1, -0.05) is 17.3 Å². The smallest absolute Gasteiger partial charge is 0.388 e. The molecule has 1 heterocycles. The first kappa shape index (κ1) is 21.9. The highest BCUT2D eigenvalue weighted by Crippen LogP contribution is 2.40. The van der Waals surface area contributed by atoms with Gasteiger partial charge in [0.1, 0.15) is 28.8 Å². The molecule has 0 atom stereocenters. The molecule has 0 spiro atoms. The van der Waals surface area contributed by atoms with E-state index in [-0.39, 0.29) is 28.1 Å². The van der Waals surface area contributed by atoms with Crippen LogP contribution in [0.3, 0.4) is 0 Å². The van der Waals surface area contributed by atoms with E-state index >= 15 is 0 Å². The fourth-order valence-electron chi connectivity index (χ4n) is 2.99. The van der Waals surface area contributed by atoms with Crippen LogP contribution in [0.1, 0.15) is 16.9 Å². The molecule has 3 aromatic rings. The summed E-state index contributed by atoms with van der Waals surface area (Å²) < 4.78 is 96.9. The average molecular weight is 447 g/mol. The summed E-state index contributed by atoms with van der Waals surface area (Å²) in [6.07, 6.45) is -3.97. The summed E-state index contributed by atoms with van der Waals surface area (Å²) in [7, 11) is -4.07. The van der Waals surface area contributed by atoms with Crippen LogP contribution in [0.15, 0.2) is 39.8 Å². The second-order valence-corrected chi connectivity index (χ2v) is 8.53. The molecule has 0 fully saturated rings. The fraction of sp³-hybridized carbons (Fsp3) is 0.211. The zero-order chi connectivity index (χ0) is 22.4. The molecule has 3 rings (SSSR count). The van der Waals surface area contributed by atoms with Crippen molar-refractivity contribution in [3.8, 4) is 22.4 Å². The van der Waals surface area contributed by atoms with Gasteiger partial charge in [-0.25, -0.2) is 17.2 Å². The maximum absolute atomic E-state index is 14.7. The third kappa shape index (κ3) is 3.94. The highest BCUT2D eigenvalue weighted by Gasteiger charge is 2.33. The van der Waals surface area contributed by atoms with Gasteiger partial charge < -0.3 is 9.63 Å². The second-order valence-electron chi connectivity index (χ2n) is 6.55. The number of alkyl halides is 3. The lowest BCUT2D eigenvalue weighted by Crippen LogP contribution is -2.07. The van der Waals surface area contributed by atoms with Gasteiger partial charge in [0.25, 0.3) is 0 Å². The van der Waals surface area contributed by atoms with E-state index in [1.807, 2.05) is 0 Å². The van der Waals surface area contributed by atoms with Gasteiger partial charge in [-0.15, -0.1) is 0 Å². The highest BCUT2D eigenvalue weighted by atomic mass is 32.2. The number of halogens is 5. The molecule has 0 bridgehead atoms. The second kappa shape index (κ2) is 7.47. The first-order chi connectivity index (χ1) is 13.8.